The van der Waals surface area contributed by atoms with Gasteiger partial charge in [0.25, 0.3) is 5.69 Å². The number of nitro groups is 1. The summed E-state index contributed by atoms with van der Waals surface area (Å²) in [5.74, 6) is -0.764. The summed E-state index contributed by atoms with van der Waals surface area (Å²) in [7, 11) is 0. The SMILES string of the molecule is CC(C)c1ccc(C(=O)COC(=O)c2ccc(N3CCOCC3)c([N+](=O)[O-])c2)cc1. The molecule has 2 aromatic rings. The zero-order valence-electron chi connectivity index (χ0n) is 17.0. The highest BCUT2D eigenvalue weighted by Crippen LogP contribution is 2.30. The molecule has 0 bridgehead atoms. The Hall–Kier alpha value is -3.26. The molecule has 0 N–H and O–H groups in total. The highest BCUT2D eigenvalue weighted by atomic mass is 16.6. The summed E-state index contributed by atoms with van der Waals surface area (Å²) in [5, 5.41) is 11.5. The van der Waals surface area contributed by atoms with Gasteiger partial charge in [0, 0.05) is 24.7 Å². The van der Waals surface area contributed by atoms with Gasteiger partial charge in [0.05, 0.1) is 23.7 Å². The number of ketones is 1. The summed E-state index contributed by atoms with van der Waals surface area (Å²) in [4.78, 5) is 37.5. The maximum Gasteiger partial charge on any atom is 0.338 e. The van der Waals surface area contributed by atoms with Crippen LogP contribution in [0.3, 0.4) is 0 Å². The van der Waals surface area contributed by atoms with Gasteiger partial charge in [-0.15, -0.1) is 0 Å². The number of rotatable bonds is 7. The van der Waals surface area contributed by atoms with E-state index in [0.29, 0.717) is 43.5 Å². The van der Waals surface area contributed by atoms with E-state index in [9.17, 15) is 19.7 Å². The van der Waals surface area contributed by atoms with E-state index in [1.54, 1.807) is 12.1 Å². The Balaban J connectivity index is 1.68. The first kappa shape index (κ1) is 21.4. The van der Waals surface area contributed by atoms with Crippen LogP contribution in [-0.4, -0.2) is 49.6 Å². The summed E-state index contributed by atoms with van der Waals surface area (Å²) in [5.41, 5.74) is 1.84. The van der Waals surface area contributed by atoms with Crippen molar-refractivity contribution < 1.29 is 24.0 Å². The molecule has 158 valence electrons. The minimum atomic E-state index is -0.779. The summed E-state index contributed by atoms with van der Waals surface area (Å²) in [6, 6.07) is 11.3. The van der Waals surface area contributed by atoms with E-state index in [2.05, 4.69) is 13.8 Å². The fourth-order valence-electron chi connectivity index (χ4n) is 3.22. The standard InChI is InChI=1S/C22H24N2O6/c1-15(2)16-3-5-17(6-4-16)21(25)14-30-22(26)18-7-8-19(20(13-18)24(27)28)23-9-11-29-12-10-23/h3-8,13,15H,9-12,14H2,1-2H3. The van der Waals surface area contributed by atoms with E-state index in [4.69, 9.17) is 9.47 Å². The molecule has 30 heavy (non-hydrogen) atoms. The first-order chi connectivity index (χ1) is 14.4. The smallest absolute Gasteiger partial charge is 0.338 e. The number of anilines is 1. The minimum Gasteiger partial charge on any atom is -0.454 e. The highest BCUT2D eigenvalue weighted by molar-refractivity contribution is 5.99. The third-order valence-electron chi connectivity index (χ3n) is 4.99. The minimum absolute atomic E-state index is 0.0293. The summed E-state index contributed by atoms with van der Waals surface area (Å²) < 4.78 is 10.4. The molecule has 0 aromatic heterocycles. The van der Waals surface area contributed by atoms with Crippen LogP contribution < -0.4 is 4.90 Å². The number of ether oxygens (including phenoxy) is 2. The van der Waals surface area contributed by atoms with Crippen LogP contribution >= 0.6 is 0 Å². The van der Waals surface area contributed by atoms with Crippen LogP contribution in [0.15, 0.2) is 42.5 Å². The molecule has 8 nitrogen and oxygen atoms in total. The van der Waals surface area contributed by atoms with Gasteiger partial charge >= 0.3 is 5.97 Å². The largest absolute Gasteiger partial charge is 0.454 e. The van der Waals surface area contributed by atoms with E-state index < -0.39 is 17.5 Å². The molecule has 1 aliphatic heterocycles. The molecule has 0 aliphatic carbocycles. The van der Waals surface area contributed by atoms with Gasteiger partial charge in [0.15, 0.2) is 12.4 Å². The molecular weight excluding hydrogens is 388 g/mol. The monoisotopic (exact) mass is 412 g/mol. The van der Waals surface area contributed by atoms with E-state index in [1.165, 1.54) is 18.2 Å². The topological polar surface area (TPSA) is 99.0 Å². The molecule has 0 radical (unpaired) electrons. The Morgan fingerprint density at radius 1 is 1.10 bits per heavy atom. The summed E-state index contributed by atoms with van der Waals surface area (Å²) >= 11 is 0. The second-order valence-electron chi connectivity index (χ2n) is 7.34. The number of benzene rings is 2. The van der Waals surface area contributed by atoms with Crippen molar-refractivity contribution in [2.24, 2.45) is 0 Å². The van der Waals surface area contributed by atoms with Crippen LogP contribution in [0.2, 0.25) is 0 Å². The molecule has 1 saturated heterocycles. The van der Waals surface area contributed by atoms with Gasteiger partial charge in [-0.1, -0.05) is 38.1 Å². The number of esters is 1. The number of Topliss-reactive ketones (excluding diaryl/α,β-unsaturated/α-hetero) is 1. The first-order valence-corrected chi connectivity index (χ1v) is 9.78. The molecule has 2 aromatic carbocycles. The van der Waals surface area contributed by atoms with Crippen molar-refractivity contribution in [3.63, 3.8) is 0 Å². The molecule has 8 heteroatoms. The van der Waals surface area contributed by atoms with Crippen molar-refractivity contribution >= 4 is 23.1 Å². The van der Waals surface area contributed by atoms with Gasteiger partial charge < -0.3 is 14.4 Å². The number of morpholine rings is 1. The van der Waals surface area contributed by atoms with Gasteiger partial charge in [-0.3, -0.25) is 14.9 Å². The fourth-order valence-corrected chi connectivity index (χ4v) is 3.22. The molecule has 1 aliphatic rings. The van der Waals surface area contributed by atoms with Crippen molar-refractivity contribution in [1.29, 1.82) is 0 Å². The number of hydrogen-bond donors (Lipinski definition) is 0. The van der Waals surface area contributed by atoms with E-state index >= 15 is 0 Å². The second kappa shape index (κ2) is 9.49. The first-order valence-electron chi connectivity index (χ1n) is 9.78. The van der Waals surface area contributed by atoms with Crippen LogP contribution in [-0.2, 0) is 9.47 Å². The van der Waals surface area contributed by atoms with Gasteiger partial charge in [0.1, 0.15) is 5.69 Å². The molecule has 1 fully saturated rings. The van der Waals surface area contributed by atoms with Crippen LogP contribution in [0.4, 0.5) is 11.4 Å². The lowest BCUT2D eigenvalue weighted by molar-refractivity contribution is -0.384. The molecule has 0 atom stereocenters. The molecule has 0 unspecified atom stereocenters. The van der Waals surface area contributed by atoms with Crippen LogP contribution in [0.25, 0.3) is 0 Å². The van der Waals surface area contributed by atoms with Crippen LogP contribution in [0.5, 0.6) is 0 Å². The Kier molecular flexibility index (Phi) is 6.79. The van der Waals surface area contributed by atoms with E-state index in [-0.39, 0.29) is 17.0 Å². The molecule has 1 heterocycles. The van der Waals surface area contributed by atoms with Gasteiger partial charge in [0.2, 0.25) is 0 Å². The van der Waals surface area contributed by atoms with Crippen LogP contribution in [0, 0.1) is 10.1 Å². The number of hydrogen-bond acceptors (Lipinski definition) is 7. The lowest BCUT2D eigenvalue weighted by Crippen LogP contribution is -2.36. The van der Waals surface area contributed by atoms with Crippen molar-refractivity contribution in [3.05, 3.63) is 69.3 Å². The van der Waals surface area contributed by atoms with Gasteiger partial charge in [-0.05, 0) is 23.6 Å². The lowest BCUT2D eigenvalue weighted by atomic mass is 10.0. The number of carbonyl (C=O) groups is 2. The van der Waals surface area contributed by atoms with Gasteiger partial charge in [-0.25, -0.2) is 4.79 Å². The van der Waals surface area contributed by atoms with E-state index in [1.807, 2.05) is 17.0 Å². The zero-order valence-corrected chi connectivity index (χ0v) is 17.0. The average Bonchev–Trinajstić information content (AvgIpc) is 2.77. The molecule has 0 saturated carbocycles. The Morgan fingerprint density at radius 2 is 1.73 bits per heavy atom. The molecule has 3 rings (SSSR count). The number of carbonyl (C=O) groups excluding carboxylic acids is 2. The molecule has 0 spiro atoms. The second-order valence-corrected chi connectivity index (χ2v) is 7.34. The fraction of sp³-hybridized carbons (Fsp3) is 0.364. The predicted molar refractivity (Wildman–Crippen MR) is 111 cm³/mol. The zero-order chi connectivity index (χ0) is 21.7. The maximum atomic E-state index is 12.4. The van der Waals surface area contributed by atoms with Crippen molar-refractivity contribution in [1.82, 2.24) is 0 Å². The molecular formula is C22H24N2O6. The van der Waals surface area contributed by atoms with E-state index in [0.717, 1.165) is 5.56 Å². The maximum absolute atomic E-state index is 12.4. The summed E-state index contributed by atoms with van der Waals surface area (Å²) in [6.45, 7) is 5.73. The normalized spacial score (nSPS) is 13.9. The lowest BCUT2D eigenvalue weighted by Gasteiger charge is -2.28. The molecule has 0 amide bonds. The number of nitrogens with zero attached hydrogens (tertiary/aromatic N) is 2. The quantitative estimate of drug-likeness (QED) is 0.296. The highest BCUT2D eigenvalue weighted by Gasteiger charge is 2.24. The third kappa shape index (κ3) is 5.01. The predicted octanol–water partition coefficient (Wildman–Crippen LogP) is 3.59. The number of nitro benzene ring substituents is 1. The van der Waals surface area contributed by atoms with Crippen molar-refractivity contribution in [2.45, 2.75) is 19.8 Å². The summed E-state index contributed by atoms with van der Waals surface area (Å²) in [6.07, 6.45) is 0. The van der Waals surface area contributed by atoms with Crippen LogP contribution in [0.1, 0.15) is 46.0 Å². The van der Waals surface area contributed by atoms with Crippen molar-refractivity contribution in [2.75, 3.05) is 37.8 Å². The average molecular weight is 412 g/mol. The third-order valence-corrected chi connectivity index (χ3v) is 4.99. The Labute approximate surface area is 174 Å². The van der Waals surface area contributed by atoms with Gasteiger partial charge in [-0.2, -0.15) is 0 Å². The Morgan fingerprint density at radius 3 is 2.33 bits per heavy atom. The Bertz CT molecular complexity index is 933. The van der Waals surface area contributed by atoms with Crippen molar-refractivity contribution in [3.8, 4) is 0 Å².